The van der Waals surface area contributed by atoms with Crippen LogP contribution >= 0.6 is 0 Å². The molecule has 0 aliphatic carbocycles. The summed E-state index contributed by atoms with van der Waals surface area (Å²) in [4.78, 5) is 0. The highest BCUT2D eigenvalue weighted by molar-refractivity contribution is 6.74. The molecule has 0 amide bonds. The first-order valence-corrected chi connectivity index (χ1v) is 4.96. The van der Waals surface area contributed by atoms with Crippen molar-refractivity contribution in [1.82, 2.24) is 0 Å². The number of hydrogen-bond donors (Lipinski definition) is 0. The first-order chi connectivity index (χ1) is 7.55. The van der Waals surface area contributed by atoms with Gasteiger partial charge in [-0.05, 0) is 6.07 Å². The van der Waals surface area contributed by atoms with Gasteiger partial charge >= 0.3 is 6.98 Å². The van der Waals surface area contributed by atoms with Gasteiger partial charge in [0.15, 0.2) is 0 Å². The summed E-state index contributed by atoms with van der Waals surface area (Å²) in [5, 5.41) is 0. The molecule has 0 bridgehead atoms. The Labute approximate surface area is 92.4 Å². The van der Waals surface area contributed by atoms with E-state index in [9.17, 15) is 12.9 Å². The average Bonchev–Trinajstić information content (AvgIpc) is 2.24. The fourth-order valence-electron chi connectivity index (χ4n) is 1.27. The predicted molar refractivity (Wildman–Crippen MR) is 57.1 cm³/mol. The number of rotatable bonds is 6. The number of hydrogen-bond acceptors (Lipinski definition) is 2. The molecule has 0 fully saturated rings. The Bertz CT molecular complexity index is 328. The van der Waals surface area contributed by atoms with Gasteiger partial charge in [-0.3, -0.25) is 0 Å². The third-order valence-electron chi connectivity index (χ3n) is 2.02. The van der Waals surface area contributed by atoms with Crippen LogP contribution < -0.4 is 10.2 Å². The molecule has 6 heteroatoms. The molecule has 0 aliphatic heterocycles. The van der Waals surface area contributed by atoms with E-state index in [1.54, 1.807) is 0 Å². The van der Waals surface area contributed by atoms with Crippen molar-refractivity contribution in [2.24, 2.45) is 0 Å². The van der Waals surface area contributed by atoms with E-state index in [0.717, 1.165) is 6.07 Å². The maximum atomic E-state index is 12.6. The molecule has 2 nitrogen and oxygen atoms in total. The van der Waals surface area contributed by atoms with Crippen LogP contribution in [0, 0.1) is 0 Å². The molecular formula is C10H13BF3O2-. The van der Waals surface area contributed by atoms with Crippen molar-refractivity contribution in [2.75, 3.05) is 20.3 Å². The zero-order valence-electron chi connectivity index (χ0n) is 8.96. The molecule has 0 saturated heterocycles. The van der Waals surface area contributed by atoms with Crippen molar-refractivity contribution >= 4 is 12.4 Å². The average molecular weight is 233 g/mol. The van der Waals surface area contributed by atoms with Crippen molar-refractivity contribution in [3.8, 4) is 5.75 Å². The molecule has 0 atom stereocenters. The highest BCUT2D eigenvalue weighted by Gasteiger charge is 2.28. The summed E-state index contributed by atoms with van der Waals surface area (Å²) in [6.45, 7) is -4.33. The minimum absolute atomic E-state index is 0.105. The Kier molecular flexibility index (Phi) is 4.67. The van der Waals surface area contributed by atoms with E-state index < -0.39 is 12.4 Å². The predicted octanol–water partition coefficient (Wildman–Crippen LogP) is 2.16. The number of benzene rings is 1. The van der Waals surface area contributed by atoms with Crippen molar-refractivity contribution in [3.05, 3.63) is 24.3 Å². The number of ether oxygens (including phenoxy) is 2. The number of para-hydroxylation sites is 1. The zero-order chi connectivity index (χ0) is 12.0. The highest BCUT2D eigenvalue weighted by Crippen LogP contribution is 2.17. The van der Waals surface area contributed by atoms with Crippen molar-refractivity contribution in [1.29, 1.82) is 0 Å². The molecule has 1 aromatic rings. The quantitative estimate of drug-likeness (QED) is 0.553. The van der Waals surface area contributed by atoms with Crippen LogP contribution in [0.2, 0.25) is 0 Å². The van der Waals surface area contributed by atoms with Gasteiger partial charge in [-0.15, -0.1) is 0 Å². The lowest BCUT2D eigenvalue weighted by molar-refractivity contribution is 0.172. The highest BCUT2D eigenvalue weighted by atomic mass is 19.4. The van der Waals surface area contributed by atoms with E-state index in [4.69, 9.17) is 9.47 Å². The second-order valence-corrected chi connectivity index (χ2v) is 3.31. The molecule has 0 N–H and O–H groups in total. The van der Waals surface area contributed by atoms with Crippen LogP contribution in [0.4, 0.5) is 12.9 Å². The summed E-state index contributed by atoms with van der Waals surface area (Å²) < 4.78 is 47.6. The van der Waals surface area contributed by atoms with Gasteiger partial charge < -0.3 is 22.4 Å². The van der Waals surface area contributed by atoms with Gasteiger partial charge in [-0.2, -0.15) is 0 Å². The summed E-state index contributed by atoms with van der Waals surface area (Å²) in [6, 6.07) is 5.24. The van der Waals surface area contributed by atoms with E-state index in [2.05, 4.69) is 0 Å². The van der Waals surface area contributed by atoms with E-state index in [0.29, 0.717) is 13.0 Å². The summed E-state index contributed by atoms with van der Waals surface area (Å²) in [6.07, 6.45) is 0.565. The molecule has 90 valence electrons. The van der Waals surface area contributed by atoms with Crippen LogP contribution in [0.25, 0.3) is 0 Å². The molecule has 0 radical (unpaired) electrons. The molecule has 16 heavy (non-hydrogen) atoms. The summed E-state index contributed by atoms with van der Waals surface area (Å²) in [5.74, 6) is -0.105. The normalized spacial score (nSPS) is 11.5. The maximum absolute atomic E-state index is 12.6. The summed E-state index contributed by atoms with van der Waals surface area (Å²) in [5.41, 5.74) is -0.681. The van der Waals surface area contributed by atoms with Gasteiger partial charge in [0, 0.05) is 20.1 Å². The van der Waals surface area contributed by atoms with Crippen molar-refractivity contribution < 1.29 is 22.4 Å². The molecule has 0 aromatic heterocycles. The number of methoxy groups -OCH3 is 1. The lowest BCUT2D eigenvalue weighted by Gasteiger charge is -2.19. The Morgan fingerprint density at radius 3 is 2.44 bits per heavy atom. The molecule has 0 unspecified atom stereocenters. The first-order valence-electron chi connectivity index (χ1n) is 4.96. The maximum Gasteiger partial charge on any atom is 0.513 e. The SMILES string of the molecule is COCCCOc1ccccc1[B-](F)(F)F. The van der Waals surface area contributed by atoms with Crippen molar-refractivity contribution in [3.63, 3.8) is 0 Å². The van der Waals surface area contributed by atoms with Gasteiger partial charge in [0.2, 0.25) is 0 Å². The Hall–Kier alpha value is -1.17. The van der Waals surface area contributed by atoms with Gasteiger partial charge in [0.05, 0.1) is 12.4 Å². The van der Waals surface area contributed by atoms with Gasteiger partial charge in [0.1, 0.15) is 0 Å². The molecule has 1 rings (SSSR count). The molecule has 0 spiro atoms. The first kappa shape index (κ1) is 12.9. The van der Waals surface area contributed by atoms with Crippen LogP contribution in [0.3, 0.4) is 0 Å². The standard InChI is InChI=1S/C10H13BF3O2/c1-15-7-4-8-16-10-6-3-2-5-9(10)11(12,13)14/h2-3,5-6H,4,7-8H2,1H3/q-1. The third-order valence-corrected chi connectivity index (χ3v) is 2.02. The Balaban J connectivity index is 2.65. The molecule has 0 aliphatic rings. The lowest BCUT2D eigenvalue weighted by Crippen LogP contribution is -2.35. The molecular weight excluding hydrogens is 220 g/mol. The van der Waals surface area contributed by atoms with E-state index in [1.807, 2.05) is 0 Å². The van der Waals surface area contributed by atoms with E-state index in [1.165, 1.54) is 25.3 Å². The summed E-state index contributed by atoms with van der Waals surface area (Å²) in [7, 11) is 1.53. The van der Waals surface area contributed by atoms with Gasteiger partial charge in [-0.25, -0.2) is 0 Å². The minimum Gasteiger partial charge on any atom is -0.496 e. The topological polar surface area (TPSA) is 18.5 Å². The monoisotopic (exact) mass is 233 g/mol. The smallest absolute Gasteiger partial charge is 0.496 e. The summed E-state index contributed by atoms with van der Waals surface area (Å²) >= 11 is 0. The Morgan fingerprint density at radius 2 is 1.81 bits per heavy atom. The second-order valence-electron chi connectivity index (χ2n) is 3.31. The van der Waals surface area contributed by atoms with Gasteiger partial charge in [0.25, 0.3) is 0 Å². The molecule has 0 heterocycles. The van der Waals surface area contributed by atoms with Crippen LogP contribution in [-0.4, -0.2) is 27.3 Å². The Morgan fingerprint density at radius 1 is 1.12 bits per heavy atom. The lowest BCUT2D eigenvalue weighted by atomic mass is 9.79. The van der Waals surface area contributed by atoms with E-state index in [-0.39, 0.29) is 12.4 Å². The van der Waals surface area contributed by atoms with E-state index >= 15 is 0 Å². The zero-order valence-corrected chi connectivity index (χ0v) is 8.96. The molecule has 0 saturated carbocycles. The molecule has 1 aromatic carbocycles. The van der Waals surface area contributed by atoms with Crippen LogP contribution in [0.5, 0.6) is 5.75 Å². The van der Waals surface area contributed by atoms with Gasteiger partial charge in [-0.1, -0.05) is 23.7 Å². The van der Waals surface area contributed by atoms with Crippen LogP contribution in [-0.2, 0) is 4.74 Å². The minimum atomic E-state index is -5.02. The number of halogens is 3. The van der Waals surface area contributed by atoms with Crippen LogP contribution in [0.15, 0.2) is 24.3 Å². The largest absolute Gasteiger partial charge is 0.513 e. The second kappa shape index (κ2) is 5.79. The van der Waals surface area contributed by atoms with Crippen molar-refractivity contribution in [2.45, 2.75) is 6.42 Å². The third kappa shape index (κ3) is 3.77. The fraction of sp³-hybridized carbons (Fsp3) is 0.400. The fourth-order valence-corrected chi connectivity index (χ4v) is 1.27. The van der Waals surface area contributed by atoms with Crippen LogP contribution in [0.1, 0.15) is 6.42 Å².